The Kier molecular flexibility index (Phi) is 6.25. The van der Waals surface area contributed by atoms with Crippen molar-refractivity contribution in [1.29, 1.82) is 0 Å². The molecule has 1 aromatic heterocycles. The van der Waals surface area contributed by atoms with Crippen LogP contribution in [0.1, 0.15) is 17.7 Å². The zero-order valence-electron chi connectivity index (χ0n) is 13.1. The van der Waals surface area contributed by atoms with Gasteiger partial charge < -0.3 is 4.90 Å². The first-order chi connectivity index (χ1) is 10.8. The largest absolute Gasteiger partial charge is 0.334 e. The summed E-state index contributed by atoms with van der Waals surface area (Å²) in [6.07, 6.45) is 4.04. The van der Waals surface area contributed by atoms with Crippen LogP contribution in [-0.4, -0.2) is 49.4 Å². The second-order valence-corrected chi connectivity index (χ2v) is 9.43. The third-order valence-electron chi connectivity index (χ3n) is 3.91. The SMILES string of the molecule is C=CCN(Cc1ccc(Cl)s1)C(=O)C1CCN(S(C)(=O)=O)CC1. The summed E-state index contributed by atoms with van der Waals surface area (Å²) in [5.74, 6) is -0.0778. The maximum absolute atomic E-state index is 12.7. The first kappa shape index (κ1) is 18.4. The van der Waals surface area contributed by atoms with Gasteiger partial charge in [0.25, 0.3) is 0 Å². The van der Waals surface area contributed by atoms with Gasteiger partial charge >= 0.3 is 0 Å². The quantitative estimate of drug-likeness (QED) is 0.717. The lowest BCUT2D eigenvalue weighted by molar-refractivity contribution is -0.136. The molecule has 0 saturated carbocycles. The Morgan fingerprint density at radius 1 is 1.48 bits per heavy atom. The average molecular weight is 377 g/mol. The van der Waals surface area contributed by atoms with E-state index in [0.717, 1.165) is 4.88 Å². The number of sulfonamides is 1. The van der Waals surface area contributed by atoms with Gasteiger partial charge in [0.1, 0.15) is 0 Å². The Morgan fingerprint density at radius 3 is 2.61 bits per heavy atom. The van der Waals surface area contributed by atoms with Crippen LogP contribution < -0.4 is 0 Å². The van der Waals surface area contributed by atoms with Crippen molar-refractivity contribution in [2.75, 3.05) is 25.9 Å². The number of carbonyl (C=O) groups excluding carboxylic acids is 1. The third-order valence-corrected chi connectivity index (χ3v) is 6.43. The van der Waals surface area contributed by atoms with Gasteiger partial charge in [0, 0.05) is 30.4 Å². The molecule has 1 fully saturated rings. The molecular formula is C15H21ClN2O3S2. The minimum atomic E-state index is -3.17. The Hall–Kier alpha value is -0.890. The van der Waals surface area contributed by atoms with Gasteiger partial charge in [-0.3, -0.25) is 4.79 Å². The molecule has 8 heteroatoms. The molecule has 1 saturated heterocycles. The van der Waals surface area contributed by atoms with Gasteiger partial charge in [-0.2, -0.15) is 0 Å². The predicted octanol–water partition coefficient (Wildman–Crippen LogP) is 2.59. The fourth-order valence-electron chi connectivity index (χ4n) is 2.71. The van der Waals surface area contributed by atoms with Crippen LogP contribution in [0.25, 0.3) is 0 Å². The lowest BCUT2D eigenvalue weighted by Gasteiger charge is -2.32. The molecule has 2 heterocycles. The topological polar surface area (TPSA) is 57.7 Å². The highest BCUT2D eigenvalue weighted by Gasteiger charge is 2.31. The van der Waals surface area contributed by atoms with Crippen molar-refractivity contribution >= 4 is 38.9 Å². The molecule has 0 N–H and O–H groups in total. The molecule has 0 radical (unpaired) electrons. The average Bonchev–Trinajstić information content (AvgIpc) is 2.90. The predicted molar refractivity (Wildman–Crippen MR) is 94.1 cm³/mol. The molecule has 1 amide bonds. The molecule has 5 nitrogen and oxygen atoms in total. The summed E-state index contributed by atoms with van der Waals surface area (Å²) in [5.41, 5.74) is 0. The molecule has 1 aliphatic heterocycles. The van der Waals surface area contributed by atoms with Gasteiger partial charge in [-0.25, -0.2) is 12.7 Å². The third kappa shape index (κ3) is 5.04. The number of halogens is 1. The number of amides is 1. The highest BCUT2D eigenvalue weighted by molar-refractivity contribution is 7.88. The molecule has 0 aromatic carbocycles. The number of hydrogen-bond donors (Lipinski definition) is 0. The Bertz CT molecular complexity index is 664. The second-order valence-electron chi connectivity index (χ2n) is 5.65. The first-order valence-corrected chi connectivity index (χ1v) is 10.4. The molecule has 128 valence electrons. The zero-order valence-corrected chi connectivity index (χ0v) is 15.5. The van der Waals surface area contributed by atoms with Gasteiger partial charge in [-0.15, -0.1) is 17.9 Å². The van der Waals surface area contributed by atoms with E-state index >= 15 is 0 Å². The number of rotatable bonds is 6. The van der Waals surface area contributed by atoms with Crippen LogP contribution >= 0.6 is 22.9 Å². The molecule has 1 aliphatic rings. The molecular weight excluding hydrogens is 356 g/mol. The number of nitrogens with zero attached hydrogens (tertiary/aromatic N) is 2. The van der Waals surface area contributed by atoms with Gasteiger partial charge in [-0.05, 0) is 25.0 Å². The maximum atomic E-state index is 12.7. The van der Waals surface area contributed by atoms with Gasteiger partial charge in [-0.1, -0.05) is 17.7 Å². The first-order valence-electron chi connectivity index (χ1n) is 7.40. The van der Waals surface area contributed by atoms with E-state index in [9.17, 15) is 13.2 Å². The van der Waals surface area contributed by atoms with Crippen molar-refractivity contribution in [3.05, 3.63) is 34.0 Å². The maximum Gasteiger partial charge on any atom is 0.226 e. The summed E-state index contributed by atoms with van der Waals surface area (Å²) >= 11 is 7.40. The molecule has 0 spiro atoms. The van der Waals surface area contributed by atoms with Crippen LogP contribution in [-0.2, 0) is 21.4 Å². The Balaban J connectivity index is 2.00. The minimum Gasteiger partial charge on any atom is -0.334 e. The van der Waals surface area contributed by atoms with Crippen molar-refractivity contribution in [1.82, 2.24) is 9.21 Å². The van der Waals surface area contributed by atoms with Gasteiger partial charge in [0.15, 0.2) is 0 Å². The Morgan fingerprint density at radius 2 is 2.13 bits per heavy atom. The standard InChI is InChI=1S/C15H21ClN2O3S2/c1-3-8-17(11-13-4-5-14(16)22-13)15(19)12-6-9-18(10-7-12)23(2,20)21/h3-5,12H,1,6-11H2,2H3. The Labute approximate surface area is 146 Å². The fraction of sp³-hybridized carbons (Fsp3) is 0.533. The van der Waals surface area contributed by atoms with Crippen molar-refractivity contribution in [2.45, 2.75) is 19.4 Å². The van der Waals surface area contributed by atoms with E-state index in [4.69, 9.17) is 11.6 Å². The normalized spacial score (nSPS) is 17.1. The van der Waals surface area contributed by atoms with E-state index in [1.807, 2.05) is 12.1 Å². The van der Waals surface area contributed by atoms with Crippen molar-refractivity contribution in [3.8, 4) is 0 Å². The fourth-order valence-corrected chi connectivity index (χ4v) is 4.68. The lowest BCUT2D eigenvalue weighted by atomic mass is 9.96. The van der Waals surface area contributed by atoms with Crippen LogP contribution in [0.4, 0.5) is 0 Å². The van der Waals surface area contributed by atoms with E-state index in [0.29, 0.717) is 43.4 Å². The minimum absolute atomic E-state index is 0.0579. The summed E-state index contributed by atoms with van der Waals surface area (Å²) in [6.45, 7) is 5.51. The van der Waals surface area contributed by atoms with E-state index in [2.05, 4.69) is 6.58 Å². The van der Waals surface area contributed by atoms with Gasteiger partial charge in [0.05, 0.1) is 17.1 Å². The molecule has 23 heavy (non-hydrogen) atoms. The molecule has 1 aromatic rings. The van der Waals surface area contributed by atoms with Gasteiger partial charge in [0.2, 0.25) is 15.9 Å². The number of carbonyl (C=O) groups is 1. The molecule has 2 rings (SSSR count). The van der Waals surface area contributed by atoms with Crippen LogP contribution in [0, 0.1) is 5.92 Å². The smallest absolute Gasteiger partial charge is 0.226 e. The monoisotopic (exact) mass is 376 g/mol. The van der Waals surface area contributed by atoms with E-state index < -0.39 is 10.0 Å². The molecule has 0 atom stereocenters. The zero-order chi connectivity index (χ0) is 17.0. The molecule has 0 bridgehead atoms. The summed E-state index contributed by atoms with van der Waals surface area (Å²) in [5, 5.41) is 0. The highest BCUT2D eigenvalue weighted by atomic mass is 35.5. The van der Waals surface area contributed by atoms with Crippen molar-refractivity contribution in [3.63, 3.8) is 0 Å². The van der Waals surface area contributed by atoms with Crippen LogP contribution in [0.2, 0.25) is 4.34 Å². The van der Waals surface area contributed by atoms with E-state index in [1.165, 1.54) is 21.9 Å². The van der Waals surface area contributed by atoms with Crippen molar-refractivity contribution < 1.29 is 13.2 Å². The van der Waals surface area contributed by atoms with E-state index in [-0.39, 0.29) is 11.8 Å². The summed E-state index contributed by atoms with van der Waals surface area (Å²) < 4.78 is 25.2. The highest BCUT2D eigenvalue weighted by Crippen LogP contribution is 2.25. The van der Waals surface area contributed by atoms with Crippen LogP contribution in [0.15, 0.2) is 24.8 Å². The van der Waals surface area contributed by atoms with Crippen LogP contribution in [0.5, 0.6) is 0 Å². The number of thiophene rings is 1. The molecule has 0 unspecified atom stereocenters. The number of hydrogen-bond acceptors (Lipinski definition) is 4. The second kappa shape index (κ2) is 7.79. The summed E-state index contributed by atoms with van der Waals surface area (Å²) in [6, 6.07) is 3.74. The summed E-state index contributed by atoms with van der Waals surface area (Å²) in [7, 11) is -3.17. The summed E-state index contributed by atoms with van der Waals surface area (Å²) in [4.78, 5) is 15.5. The molecule has 0 aliphatic carbocycles. The van der Waals surface area contributed by atoms with Crippen LogP contribution in [0.3, 0.4) is 0 Å². The van der Waals surface area contributed by atoms with E-state index in [1.54, 1.807) is 11.0 Å². The number of piperidine rings is 1. The van der Waals surface area contributed by atoms with Crippen molar-refractivity contribution in [2.24, 2.45) is 5.92 Å². The lowest BCUT2D eigenvalue weighted by Crippen LogP contribution is -2.43.